The molecule has 0 saturated heterocycles. The van der Waals surface area contributed by atoms with Crippen LogP contribution >= 0.6 is 11.3 Å². The molecular weight excluding hydrogens is 262 g/mol. The molecule has 0 fully saturated rings. The summed E-state index contributed by atoms with van der Waals surface area (Å²) < 4.78 is 1.75. The Kier molecular flexibility index (Phi) is 4.06. The summed E-state index contributed by atoms with van der Waals surface area (Å²) in [6, 6.07) is 1.78. The molecule has 0 radical (unpaired) electrons. The van der Waals surface area contributed by atoms with Gasteiger partial charge in [0.25, 0.3) is 5.91 Å². The lowest BCUT2D eigenvalue weighted by atomic mass is 10.3. The van der Waals surface area contributed by atoms with E-state index in [1.54, 1.807) is 16.9 Å². The molecule has 2 heterocycles. The summed E-state index contributed by atoms with van der Waals surface area (Å²) in [5, 5.41) is 11.0. The summed E-state index contributed by atoms with van der Waals surface area (Å²) in [7, 11) is 1.87. The summed E-state index contributed by atoms with van der Waals surface area (Å²) >= 11 is 1.36. The lowest BCUT2D eigenvalue weighted by Crippen LogP contribution is -2.22. The fourth-order valence-corrected chi connectivity index (χ4v) is 2.55. The van der Waals surface area contributed by atoms with E-state index in [4.69, 9.17) is 5.73 Å². The molecule has 0 aliphatic carbocycles. The summed E-state index contributed by atoms with van der Waals surface area (Å²) in [5.74, 6) is -0.126. The number of anilines is 2. The third-order valence-corrected chi connectivity index (χ3v) is 3.64. The van der Waals surface area contributed by atoms with Crippen LogP contribution in [0.25, 0.3) is 0 Å². The summed E-state index contributed by atoms with van der Waals surface area (Å²) in [6.07, 6.45) is 3.74. The number of hydrogen-bond acceptors (Lipinski definition) is 5. The standard InChI is InChI=1S/C12H17N5OS/c1-3-14-12(18)11-9(13)4-10(19-11)15-5-8-6-16-17(2)7-8/h4,6-7,15H,3,5,13H2,1-2H3,(H,14,18). The van der Waals surface area contributed by atoms with Crippen molar-refractivity contribution in [2.24, 2.45) is 7.05 Å². The monoisotopic (exact) mass is 279 g/mol. The number of rotatable bonds is 5. The first-order valence-corrected chi connectivity index (χ1v) is 6.80. The first-order valence-electron chi connectivity index (χ1n) is 5.99. The van der Waals surface area contributed by atoms with Gasteiger partial charge in [-0.05, 0) is 13.0 Å². The number of nitrogens with two attached hydrogens (primary N) is 1. The molecule has 0 saturated carbocycles. The highest BCUT2D eigenvalue weighted by atomic mass is 32.1. The van der Waals surface area contributed by atoms with Crippen molar-refractivity contribution in [3.8, 4) is 0 Å². The van der Waals surface area contributed by atoms with Crippen molar-refractivity contribution in [2.45, 2.75) is 13.5 Å². The van der Waals surface area contributed by atoms with Gasteiger partial charge in [-0.2, -0.15) is 5.10 Å². The van der Waals surface area contributed by atoms with E-state index in [-0.39, 0.29) is 5.91 Å². The molecular formula is C12H17N5OS. The zero-order chi connectivity index (χ0) is 13.8. The minimum atomic E-state index is -0.126. The molecule has 6 nitrogen and oxygen atoms in total. The number of nitrogens with zero attached hydrogens (tertiary/aromatic N) is 2. The van der Waals surface area contributed by atoms with Gasteiger partial charge >= 0.3 is 0 Å². The molecule has 19 heavy (non-hydrogen) atoms. The second-order valence-corrected chi connectivity index (χ2v) is 5.18. The van der Waals surface area contributed by atoms with E-state index in [1.807, 2.05) is 20.2 Å². The number of carbonyl (C=O) groups excluding carboxylic acids is 1. The third-order valence-electron chi connectivity index (χ3n) is 2.53. The molecule has 0 aliphatic heterocycles. The zero-order valence-electron chi connectivity index (χ0n) is 10.9. The average molecular weight is 279 g/mol. The molecule has 7 heteroatoms. The van der Waals surface area contributed by atoms with E-state index >= 15 is 0 Å². The molecule has 0 aliphatic rings. The Hall–Kier alpha value is -2.02. The molecule has 2 rings (SSSR count). The molecule has 1 amide bonds. The number of carbonyl (C=O) groups is 1. The quantitative estimate of drug-likeness (QED) is 0.773. The zero-order valence-corrected chi connectivity index (χ0v) is 11.8. The molecule has 4 N–H and O–H groups in total. The Bertz CT molecular complexity index is 574. The predicted molar refractivity (Wildman–Crippen MR) is 77.3 cm³/mol. The minimum Gasteiger partial charge on any atom is -0.397 e. The van der Waals surface area contributed by atoms with Crippen LogP contribution < -0.4 is 16.4 Å². The summed E-state index contributed by atoms with van der Waals surface area (Å²) in [4.78, 5) is 12.3. The van der Waals surface area contributed by atoms with Gasteiger partial charge < -0.3 is 16.4 Å². The van der Waals surface area contributed by atoms with E-state index in [0.29, 0.717) is 23.7 Å². The van der Waals surface area contributed by atoms with Crippen molar-refractivity contribution in [3.05, 3.63) is 28.9 Å². The van der Waals surface area contributed by atoms with Crippen molar-refractivity contribution in [3.63, 3.8) is 0 Å². The molecule has 0 atom stereocenters. The number of amides is 1. The van der Waals surface area contributed by atoms with E-state index in [2.05, 4.69) is 15.7 Å². The number of nitrogens with one attached hydrogen (secondary N) is 2. The predicted octanol–water partition coefficient (Wildman–Crippen LogP) is 1.43. The van der Waals surface area contributed by atoms with Crippen LogP contribution in [0.5, 0.6) is 0 Å². The maximum atomic E-state index is 11.7. The topological polar surface area (TPSA) is 85.0 Å². The number of nitrogen functional groups attached to an aromatic ring is 1. The van der Waals surface area contributed by atoms with Gasteiger partial charge in [-0.1, -0.05) is 0 Å². The normalized spacial score (nSPS) is 10.4. The van der Waals surface area contributed by atoms with Crippen LogP contribution in [-0.4, -0.2) is 22.2 Å². The van der Waals surface area contributed by atoms with Crippen molar-refractivity contribution in [1.82, 2.24) is 15.1 Å². The largest absolute Gasteiger partial charge is 0.397 e. The maximum absolute atomic E-state index is 11.7. The average Bonchev–Trinajstić information content (AvgIpc) is 2.93. The number of thiophene rings is 1. The Balaban J connectivity index is 2.01. The van der Waals surface area contributed by atoms with Gasteiger partial charge in [-0.25, -0.2) is 0 Å². The Labute approximate surface area is 115 Å². The molecule has 0 spiro atoms. The van der Waals surface area contributed by atoms with Gasteiger partial charge in [0.05, 0.1) is 16.9 Å². The lowest BCUT2D eigenvalue weighted by molar-refractivity contribution is 0.0960. The Morgan fingerprint density at radius 1 is 1.58 bits per heavy atom. The Morgan fingerprint density at radius 3 is 3.00 bits per heavy atom. The SMILES string of the molecule is CCNC(=O)c1sc(NCc2cnn(C)c2)cc1N. The van der Waals surface area contributed by atoms with Crippen LogP contribution in [-0.2, 0) is 13.6 Å². The highest BCUT2D eigenvalue weighted by Gasteiger charge is 2.13. The van der Waals surface area contributed by atoms with Gasteiger partial charge in [-0.3, -0.25) is 9.48 Å². The van der Waals surface area contributed by atoms with Crippen molar-refractivity contribution < 1.29 is 4.79 Å². The van der Waals surface area contributed by atoms with Crippen molar-refractivity contribution in [2.75, 3.05) is 17.6 Å². The van der Waals surface area contributed by atoms with Crippen LogP contribution in [0.4, 0.5) is 10.7 Å². The van der Waals surface area contributed by atoms with Crippen LogP contribution in [0.2, 0.25) is 0 Å². The second-order valence-electron chi connectivity index (χ2n) is 4.13. The van der Waals surface area contributed by atoms with Gasteiger partial charge in [0.15, 0.2) is 0 Å². The van der Waals surface area contributed by atoms with Gasteiger partial charge in [0.1, 0.15) is 4.88 Å². The van der Waals surface area contributed by atoms with Crippen LogP contribution in [0.3, 0.4) is 0 Å². The second kappa shape index (κ2) is 5.75. The van der Waals surface area contributed by atoms with Crippen molar-refractivity contribution >= 4 is 27.9 Å². The van der Waals surface area contributed by atoms with E-state index in [1.165, 1.54) is 11.3 Å². The first-order chi connectivity index (χ1) is 9.10. The molecule has 0 aromatic carbocycles. The number of aryl methyl sites for hydroxylation is 1. The smallest absolute Gasteiger partial charge is 0.263 e. The van der Waals surface area contributed by atoms with Crippen LogP contribution in [0.1, 0.15) is 22.2 Å². The summed E-state index contributed by atoms with van der Waals surface area (Å²) in [6.45, 7) is 3.13. The van der Waals surface area contributed by atoms with Gasteiger partial charge in [-0.15, -0.1) is 11.3 Å². The van der Waals surface area contributed by atoms with E-state index < -0.39 is 0 Å². The number of aromatic nitrogens is 2. The molecule has 0 bridgehead atoms. The van der Waals surface area contributed by atoms with Crippen LogP contribution in [0, 0.1) is 0 Å². The fraction of sp³-hybridized carbons (Fsp3) is 0.333. The highest BCUT2D eigenvalue weighted by Crippen LogP contribution is 2.29. The molecule has 2 aromatic heterocycles. The fourth-order valence-electron chi connectivity index (χ4n) is 1.66. The third kappa shape index (κ3) is 3.25. The number of hydrogen-bond donors (Lipinski definition) is 3. The van der Waals surface area contributed by atoms with Gasteiger partial charge in [0, 0.05) is 31.9 Å². The van der Waals surface area contributed by atoms with E-state index in [0.717, 1.165) is 10.6 Å². The van der Waals surface area contributed by atoms with E-state index in [9.17, 15) is 4.79 Å². The lowest BCUT2D eigenvalue weighted by Gasteiger charge is -2.00. The molecule has 2 aromatic rings. The minimum absolute atomic E-state index is 0.126. The first kappa shape index (κ1) is 13.4. The van der Waals surface area contributed by atoms with Crippen molar-refractivity contribution in [1.29, 1.82) is 0 Å². The molecule has 102 valence electrons. The van der Waals surface area contributed by atoms with Gasteiger partial charge in [0.2, 0.25) is 0 Å². The molecule has 0 unspecified atom stereocenters. The Morgan fingerprint density at radius 2 is 2.37 bits per heavy atom. The van der Waals surface area contributed by atoms with Crippen LogP contribution in [0.15, 0.2) is 18.5 Å². The summed E-state index contributed by atoms with van der Waals surface area (Å²) in [5.41, 5.74) is 7.42. The highest BCUT2D eigenvalue weighted by molar-refractivity contribution is 7.18. The maximum Gasteiger partial charge on any atom is 0.263 e.